The SMILES string of the molecule is S=C(Nc1cc(Cl)cc(Cl)c1)NC1CCCCC1. The molecule has 1 saturated carbocycles. The Bertz CT molecular complexity index is 411. The fourth-order valence-electron chi connectivity index (χ4n) is 2.23. The van der Waals surface area contributed by atoms with Gasteiger partial charge in [0, 0.05) is 21.8 Å². The summed E-state index contributed by atoms with van der Waals surface area (Å²) in [4.78, 5) is 0. The summed E-state index contributed by atoms with van der Waals surface area (Å²) >= 11 is 17.2. The monoisotopic (exact) mass is 302 g/mol. The average molecular weight is 303 g/mol. The fraction of sp³-hybridized carbons (Fsp3) is 0.462. The van der Waals surface area contributed by atoms with Crippen LogP contribution in [0.15, 0.2) is 18.2 Å². The zero-order chi connectivity index (χ0) is 13.0. The highest BCUT2D eigenvalue weighted by atomic mass is 35.5. The summed E-state index contributed by atoms with van der Waals surface area (Å²) < 4.78 is 0. The topological polar surface area (TPSA) is 24.1 Å². The Labute approximate surface area is 123 Å². The fourth-order valence-corrected chi connectivity index (χ4v) is 3.04. The van der Waals surface area contributed by atoms with Gasteiger partial charge in [-0.1, -0.05) is 42.5 Å². The third-order valence-electron chi connectivity index (χ3n) is 3.06. The quantitative estimate of drug-likeness (QED) is 0.780. The van der Waals surface area contributed by atoms with Crippen LogP contribution < -0.4 is 10.6 Å². The zero-order valence-corrected chi connectivity index (χ0v) is 12.3. The lowest BCUT2D eigenvalue weighted by Crippen LogP contribution is -2.38. The van der Waals surface area contributed by atoms with Crippen LogP contribution in [0.4, 0.5) is 5.69 Å². The van der Waals surface area contributed by atoms with Crippen LogP contribution >= 0.6 is 35.4 Å². The maximum atomic E-state index is 5.94. The Kier molecular flexibility index (Phi) is 5.10. The molecule has 1 aliphatic carbocycles. The second-order valence-electron chi connectivity index (χ2n) is 4.59. The summed E-state index contributed by atoms with van der Waals surface area (Å²) in [5.41, 5.74) is 0.820. The van der Waals surface area contributed by atoms with Crippen molar-refractivity contribution in [3.8, 4) is 0 Å². The zero-order valence-electron chi connectivity index (χ0n) is 10.0. The number of hydrogen-bond donors (Lipinski definition) is 2. The summed E-state index contributed by atoms with van der Waals surface area (Å²) in [5.74, 6) is 0. The molecule has 0 saturated heterocycles. The number of halogens is 2. The van der Waals surface area contributed by atoms with E-state index in [1.807, 2.05) is 12.1 Å². The van der Waals surface area contributed by atoms with Crippen molar-refractivity contribution in [2.75, 3.05) is 5.32 Å². The van der Waals surface area contributed by atoms with Gasteiger partial charge in [0.15, 0.2) is 5.11 Å². The van der Waals surface area contributed by atoms with Crippen LogP contribution in [0.5, 0.6) is 0 Å². The Hall–Kier alpha value is -0.510. The normalized spacial score (nSPS) is 16.3. The number of nitrogens with one attached hydrogen (secondary N) is 2. The van der Waals surface area contributed by atoms with Crippen molar-refractivity contribution in [1.82, 2.24) is 5.32 Å². The Morgan fingerprint density at radius 2 is 1.67 bits per heavy atom. The van der Waals surface area contributed by atoms with Crippen molar-refractivity contribution in [3.63, 3.8) is 0 Å². The Morgan fingerprint density at radius 1 is 1.06 bits per heavy atom. The lowest BCUT2D eigenvalue weighted by atomic mass is 9.96. The van der Waals surface area contributed by atoms with Crippen molar-refractivity contribution in [2.24, 2.45) is 0 Å². The average Bonchev–Trinajstić information content (AvgIpc) is 2.28. The van der Waals surface area contributed by atoms with Gasteiger partial charge in [-0.05, 0) is 43.3 Å². The molecule has 0 aromatic heterocycles. The number of hydrogen-bond acceptors (Lipinski definition) is 1. The van der Waals surface area contributed by atoms with E-state index in [0.717, 1.165) is 5.69 Å². The molecule has 0 radical (unpaired) electrons. The summed E-state index contributed by atoms with van der Waals surface area (Å²) in [6.45, 7) is 0. The van der Waals surface area contributed by atoms with E-state index in [1.165, 1.54) is 32.1 Å². The molecule has 1 aromatic rings. The van der Waals surface area contributed by atoms with E-state index in [2.05, 4.69) is 10.6 Å². The molecule has 0 spiro atoms. The van der Waals surface area contributed by atoms with Gasteiger partial charge in [-0.2, -0.15) is 0 Å². The Morgan fingerprint density at radius 3 is 2.28 bits per heavy atom. The molecule has 98 valence electrons. The first-order chi connectivity index (χ1) is 8.63. The molecule has 2 N–H and O–H groups in total. The molecule has 1 aliphatic rings. The highest BCUT2D eigenvalue weighted by Crippen LogP contribution is 2.22. The van der Waals surface area contributed by atoms with Gasteiger partial charge in [0.25, 0.3) is 0 Å². The molecule has 0 amide bonds. The van der Waals surface area contributed by atoms with E-state index in [9.17, 15) is 0 Å². The number of rotatable bonds is 2. The van der Waals surface area contributed by atoms with Crippen LogP contribution in [-0.2, 0) is 0 Å². The Balaban J connectivity index is 1.89. The smallest absolute Gasteiger partial charge is 0.170 e. The van der Waals surface area contributed by atoms with Gasteiger partial charge in [-0.25, -0.2) is 0 Å². The molecule has 1 fully saturated rings. The minimum absolute atomic E-state index is 0.494. The van der Waals surface area contributed by atoms with Crippen molar-refractivity contribution in [2.45, 2.75) is 38.1 Å². The van der Waals surface area contributed by atoms with Crippen molar-refractivity contribution in [3.05, 3.63) is 28.2 Å². The molecule has 5 heteroatoms. The summed E-state index contributed by atoms with van der Waals surface area (Å²) in [7, 11) is 0. The van der Waals surface area contributed by atoms with Gasteiger partial charge in [0.2, 0.25) is 0 Å². The molecule has 0 atom stereocenters. The standard InChI is InChI=1S/C13H16Cl2N2S/c14-9-6-10(15)8-12(7-9)17-13(18)16-11-4-2-1-3-5-11/h6-8,11H,1-5H2,(H2,16,17,18). The number of thiocarbonyl (C=S) groups is 1. The molecule has 0 heterocycles. The third-order valence-corrected chi connectivity index (χ3v) is 3.72. The first-order valence-corrected chi connectivity index (χ1v) is 7.33. The summed E-state index contributed by atoms with van der Waals surface area (Å²) in [6, 6.07) is 5.81. The van der Waals surface area contributed by atoms with Crippen molar-refractivity contribution >= 4 is 46.2 Å². The maximum absolute atomic E-state index is 5.94. The molecular formula is C13H16Cl2N2S. The number of anilines is 1. The minimum Gasteiger partial charge on any atom is -0.360 e. The summed E-state index contributed by atoms with van der Waals surface area (Å²) in [6.07, 6.45) is 6.28. The molecular weight excluding hydrogens is 287 g/mol. The number of benzene rings is 1. The molecule has 1 aromatic carbocycles. The van der Waals surface area contributed by atoms with E-state index in [0.29, 0.717) is 21.2 Å². The largest absolute Gasteiger partial charge is 0.360 e. The lowest BCUT2D eigenvalue weighted by molar-refractivity contribution is 0.415. The van der Waals surface area contributed by atoms with E-state index >= 15 is 0 Å². The van der Waals surface area contributed by atoms with E-state index < -0.39 is 0 Å². The van der Waals surface area contributed by atoms with Crippen molar-refractivity contribution in [1.29, 1.82) is 0 Å². The van der Waals surface area contributed by atoms with Gasteiger partial charge in [0.1, 0.15) is 0 Å². The molecule has 0 unspecified atom stereocenters. The first kappa shape index (κ1) is 13.9. The van der Waals surface area contributed by atoms with Gasteiger partial charge < -0.3 is 10.6 Å². The maximum Gasteiger partial charge on any atom is 0.170 e. The second kappa shape index (κ2) is 6.60. The molecule has 2 nitrogen and oxygen atoms in total. The predicted octanol–water partition coefficient (Wildman–Crippen LogP) is 4.61. The molecule has 2 rings (SSSR count). The van der Waals surface area contributed by atoms with E-state index in [1.54, 1.807) is 6.07 Å². The van der Waals surface area contributed by atoms with E-state index in [-0.39, 0.29) is 0 Å². The van der Waals surface area contributed by atoms with Crippen LogP contribution in [0.25, 0.3) is 0 Å². The minimum atomic E-state index is 0.494. The highest BCUT2D eigenvalue weighted by Gasteiger charge is 2.14. The first-order valence-electron chi connectivity index (χ1n) is 6.17. The molecule has 0 bridgehead atoms. The third kappa shape index (κ3) is 4.30. The van der Waals surface area contributed by atoms with Gasteiger partial charge in [0.05, 0.1) is 0 Å². The van der Waals surface area contributed by atoms with Crippen LogP contribution in [-0.4, -0.2) is 11.2 Å². The molecule has 0 aliphatic heterocycles. The second-order valence-corrected chi connectivity index (χ2v) is 5.87. The van der Waals surface area contributed by atoms with Crippen LogP contribution in [0.3, 0.4) is 0 Å². The lowest BCUT2D eigenvalue weighted by Gasteiger charge is -2.24. The molecule has 18 heavy (non-hydrogen) atoms. The predicted molar refractivity (Wildman–Crippen MR) is 82.7 cm³/mol. The van der Waals surface area contributed by atoms with Crippen LogP contribution in [0.2, 0.25) is 10.0 Å². The highest BCUT2D eigenvalue weighted by molar-refractivity contribution is 7.80. The van der Waals surface area contributed by atoms with Crippen LogP contribution in [0.1, 0.15) is 32.1 Å². The van der Waals surface area contributed by atoms with Gasteiger partial charge in [-0.3, -0.25) is 0 Å². The van der Waals surface area contributed by atoms with Crippen LogP contribution in [0, 0.1) is 0 Å². The summed E-state index contributed by atoms with van der Waals surface area (Å²) in [5, 5.41) is 8.31. The van der Waals surface area contributed by atoms with E-state index in [4.69, 9.17) is 35.4 Å². The van der Waals surface area contributed by atoms with Gasteiger partial charge >= 0.3 is 0 Å². The van der Waals surface area contributed by atoms with Gasteiger partial charge in [-0.15, -0.1) is 0 Å². The van der Waals surface area contributed by atoms with Crippen molar-refractivity contribution < 1.29 is 0 Å².